The summed E-state index contributed by atoms with van der Waals surface area (Å²) in [6.07, 6.45) is 1.08. The van der Waals surface area contributed by atoms with E-state index in [1.165, 1.54) is 0 Å². The van der Waals surface area contributed by atoms with E-state index in [0.717, 1.165) is 23.1 Å². The molecule has 0 aliphatic rings. The Bertz CT molecular complexity index is 340. The van der Waals surface area contributed by atoms with E-state index in [0.29, 0.717) is 6.42 Å². The lowest BCUT2D eigenvalue weighted by Crippen LogP contribution is -2.27. The molecule has 2 atom stereocenters. The Kier molecular flexibility index (Phi) is 4.33. The fraction of sp³-hybridized carbons (Fsp3) is 0.538. The molecule has 0 unspecified atom stereocenters. The predicted octanol–water partition coefficient (Wildman–Crippen LogP) is 2.17. The summed E-state index contributed by atoms with van der Waals surface area (Å²) in [5.41, 5.74) is 8.85. The number of aliphatic hydroxyl groups is 1. The lowest BCUT2D eigenvalue weighted by atomic mass is 9.91. The van der Waals surface area contributed by atoms with Gasteiger partial charge in [-0.2, -0.15) is 0 Å². The molecule has 0 fully saturated rings. The maximum absolute atomic E-state index is 9.90. The Balaban J connectivity index is 3.03. The van der Waals surface area contributed by atoms with Crippen LogP contribution in [0.3, 0.4) is 0 Å². The topological polar surface area (TPSA) is 66.5 Å². The number of hydrogen-bond acceptors (Lipinski definition) is 3. The Morgan fingerprint density at radius 2 is 1.75 bits per heavy atom. The van der Waals surface area contributed by atoms with E-state index in [2.05, 4.69) is 0 Å². The van der Waals surface area contributed by atoms with Crippen LogP contribution in [0.5, 0.6) is 5.75 Å². The molecule has 4 N–H and O–H groups in total. The Morgan fingerprint density at radius 1 is 1.25 bits per heavy atom. The highest BCUT2D eigenvalue weighted by Crippen LogP contribution is 2.27. The first-order valence-electron chi connectivity index (χ1n) is 5.71. The summed E-state index contributed by atoms with van der Waals surface area (Å²) < 4.78 is 0. The number of phenols is 1. The van der Waals surface area contributed by atoms with Gasteiger partial charge < -0.3 is 15.9 Å². The monoisotopic (exact) mass is 223 g/mol. The molecule has 0 bridgehead atoms. The number of rotatable bonds is 4. The molecule has 0 amide bonds. The number of aryl methyl sites for hydroxylation is 2. The molecule has 0 aliphatic carbocycles. The number of hydrogen-bond donors (Lipinski definition) is 3. The SMILES string of the molecule is CCC[C@@H](O)[C@@H](N)c1c(C)cc(O)cc1C. The first kappa shape index (κ1) is 13.0. The third kappa shape index (κ3) is 2.74. The van der Waals surface area contributed by atoms with Crippen molar-refractivity contribution in [2.75, 3.05) is 0 Å². The van der Waals surface area contributed by atoms with Crippen LogP contribution >= 0.6 is 0 Å². The van der Waals surface area contributed by atoms with Gasteiger partial charge in [-0.25, -0.2) is 0 Å². The van der Waals surface area contributed by atoms with Crippen molar-refractivity contribution in [1.29, 1.82) is 0 Å². The van der Waals surface area contributed by atoms with Crippen LogP contribution in [-0.4, -0.2) is 16.3 Å². The highest BCUT2D eigenvalue weighted by atomic mass is 16.3. The third-order valence-corrected chi connectivity index (χ3v) is 2.91. The Hall–Kier alpha value is -1.06. The summed E-state index contributed by atoms with van der Waals surface area (Å²) in [5.74, 6) is 0.246. The molecule has 90 valence electrons. The second-order valence-corrected chi connectivity index (χ2v) is 4.38. The van der Waals surface area contributed by atoms with E-state index < -0.39 is 6.10 Å². The van der Waals surface area contributed by atoms with E-state index in [9.17, 15) is 10.2 Å². The van der Waals surface area contributed by atoms with Gasteiger partial charge in [0.05, 0.1) is 12.1 Å². The molecule has 0 saturated heterocycles. The first-order valence-corrected chi connectivity index (χ1v) is 5.71. The van der Waals surface area contributed by atoms with Crippen LogP contribution in [0.4, 0.5) is 0 Å². The van der Waals surface area contributed by atoms with Crippen molar-refractivity contribution in [1.82, 2.24) is 0 Å². The molecule has 0 saturated carbocycles. The molecule has 0 aromatic heterocycles. The number of phenolic OH excluding ortho intramolecular Hbond substituents is 1. The summed E-state index contributed by atoms with van der Waals surface area (Å²) >= 11 is 0. The third-order valence-electron chi connectivity index (χ3n) is 2.91. The zero-order chi connectivity index (χ0) is 12.3. The summed E-state index contributed by atoms with van der Waals surface area (Å²) in [5, 5.41) is 19.3. The smallest absolute Gasteiger partial charge is 0.116 e. The van der Waals surface area contributed by atoms with Gasteiger partial charge in [0.25, 0.3) is 0 Å². The van der Waals surface area contributed by atoms with Gasteiger partial charge in [0.2, 0.25) is 0 Å². The molecule has 1 aromatic rings. The van der Waals surface area contributed by atoms with Gasteiger partial charge in [0.15, 0.2) is 0 Å². The molecule has 1 aromatic carbocycles. The minimum absolute atomic E-state index is 0.246. The highest BCUT2D eigenvalue weighted by molar-refractivity contribution is 5.42. The molecular weight excluding hydrogens is 202 g/mol. The molecule has 3 nitrogen and oxygen atoms in total. The average molecular weight is 223 g/mol. The number of nitrogens with two attached hydrogens (primary N) is 1. The molecule has 0 aliphatic heterocycles. The average Bonchev–Trinajstić information content (AvgIpc) is 2.16. The zero-order valence-electron chi connectivity index (χ0n) is 10.2. The van der Waals surface area contributed by atoms with Crippen LogP contribution < -0.4 is 5.73 Å². The van der Waals surface area contributed by atoms with Gasteiger partial charge in [0, 0.05) is 0 Å². The number of aromatic hydroxyl groups is 1. The first-order chi connectivity index (χ1) is 7.47. The van der Waals surface area contributed by atoms with Crippen molar-refractivity contribution in [3.63, 3.8) is 0 Å². The van der Waals surface area contributed by atoms with Crippen LogP contribution in [-0.2, 0) is 0 Å². The maximum atomic E-state index is 9.90. The van der Waals surface area contributed by atoms with Gasteiger partial charge in [-0.05, 0) is 49.1 Å². The van der Waals surface area contributed by atoms with Gasteiger partial charge in [-0.3, -0.25) is 0 Å². The van der Waals surface area contributed by atoms with Crippen LogP contribution in [0.15, 0.2) is 12.1 Å². The maximum Gasteiger partial charge on any atom is 0.116 e. The standard InChI is InChI=1S/C13H21NO2/c1-4-5-11(16)13(14)12-8(2)6-10(15)7-9(12)3/h6-7,11,13,15-16H,4-5,14H2,1-3H3/t11-,13-/m1/s1. The van der Waals surface area contributed by atoms with Crippen molar-refractivity contribution in [2.45, 2.75) is 45.8 Å². The largest absolute Gasteiger partial charge is 0.508 e. The Labute approximate surface area is 96.9 Å². The second-order valence-electron chi connectivity index (χ2n) is 4.38. The van der Waals surface area contributed by atoms with E-state index >= 15 is 0 Å². The minimum Gasteiger partial charge on any atom is -0.508 e. The summed E-state index contributed by atoms with van der Waals surface area (Å²) in [7, 11) is 0. The molecule has 16 heavy (non-hydrogen) atoms. The van der Waals surface area contributed by atoms with E-state index in [-0.39, 0.29) is 11.8 Å². The number of aliphatic hydroxyl groups excluding tert-OH is 1. The molecule has 3 heteroatoms. The molecule has 0 spiro atoms. The van der Waals surface area contributed by atoms with Crippen LogP contribution in [0.1, 0.15) is 42.5 Å². The van der Waals surface area contributed by atoms with Gasteiger partial charge >= 0.3 is 0 Å². The molecule has 1 rings (SSSR count). The summed E-state index contributed by atoms with van der Waals surface area (Å²) in [4.78, 5) is 0. The quantitative estimate of drug-likeness (QED) is 0.733. The highest BCUT2D eigenvalue weighted by Gasteiger charge is 2.20. The van der Waals surface area contributed by atoms with Crippen LogP contribution in [0.2, 0.25) is 0 Å². The summed E-state index contributed by atoms with van der Waals surface area (Å²) in [6.45, 7) is 5.83. The van der Waals surface area contributed by atoms with E-state index in [1.807, 2.05) is 20.8 Å². The van der Waals surface area contributed by atoms with Crippen LogP contribution in [0, 0.1) is 13.8 Å². The van der Waals surface area contributed by atoms with Crippen molar-refractivity contribution in [3.05, 3.63) is 28.8 Å². The molecule has 0 heterocycles. The summed E-state index contributed by atoms with van der Waals surface area (Å²) in [6, 6.07) is 2.99. The van der Waals surface area contributed by atoms with E-state index in [4.69, 9.17) is 5.73 Å². The van der Waals surface area contributed by atoms with Crippen molar-refractivity contribution >= 4 is 0 Å². The normalized spacial score (nSPS) is 14.8. The zero-order valence-corrected chi connectivity index (χ0v) is 10.2. The van der Waals surface area contributed by atoms with Gasteiger partial charge in [-0.1, -0.05) is 13.3 Å². The van der Waals surface area contributed by atoms with Crippen molar-refractivity contribution in [3.8, 4) is 5.75 Å². The molecular formula is C13H21NO2. The minimum atomic E-state index is -0.521. The fourth-order valence-corrected chi connectivity index (χ4v) is 2.15. The number of benzene rings is 1. The van der Waals surface area contributed by atoms with Gasteiger partial charge in [-0.15, -0.1) is 0 Å². The van der Waals surface area contributed by atoms with Crippen molar-refractivity contribution in [2.24, 2.45) is 5.73 Å². The Morgan fingerprint density at radius 3 is 2.19 bits per heavy atom. The van der Waals surface area contributed by atoms with Gasteiger partial charge in [0.1, 0.15) is 5.75 Å². The second kappa shape index (κ2) is 5.32. The van der Waals surface area contributed by atoms with Crippen LogP contribution in [0.25, 0.3) is 0 Å². The van der Waals surface area contributed by atoms with Crippen molar-refractivity contribution < 1.29 is 10.2 Å². The molecule has 0 radical (unpaired) electrons. The predicted molar refractivity (Wildman–Crippen MR) is 65.4 cm³/mol. The lowest BCUT2D eigenvalue weighted by molar-refractivity contribution is 0.134. The lowest BCUT2D eigenvalue weighted by Gasteiger charge is -2.22. The fourth-order valence-electron chi connectivity index (χ4n) is 2.15. The van der Waals surface area contributed by atoms with E-state index in [1.54, 1.807) is 12.1 Å².